The Morgan fingerprint density at radius 1 is 1.26 bits per heavy atom. The SMILES string of the molecule is COC(=O)c1ccc(-c2cc3nc(Cl)nc(N4CCOCC4)c3s2)c(C)c1. The molecule has 2 aromatic heterocycles. The molecule has 27 heavy (non-hydrogen) atoms. The Hall–Kier alpha value is -2.22. The zero-order valence-electron chi connectivity index (χ0n) is 15.0. The van der Waals surface area contributed by atoms with E-state index >= 15 is 0 Å². The molecule has 0 unspecified atom stereocenters. The molecule has 0 atom stereocenters. The Bertz CT molecular complexity index is 1010. The first-order valence-electron chi connectivity index (χ1n) is 8.56. The monoisotopic (exact) mass is 403 g/mol. The fourth-order valence-electron chi connectivity index (χ4n) is 3.19. The van der Waals surface area contributed by atoms with Crippen molar-refractivity contribution in [1.29, 1.82) is 0 Å². The van der Waals surface area contributed by atoms with Crippen LogP contribution in [0.25, 0.3) is 20.7 Å². The zero-order valence-corrected chi connectivity index (χ0v) is 16.6. The number of thiophene rings is 1. The molecule has 1 aliphatic heterocycles. The Kier molecular flexibility index (Phi) is 4.99. The van der Waals surface area contributed by atoms with Gasteiger partial charge in [-0.05, 0) is 47.9 Å². The van der Waals surface area contributed by atoms with E-state index in [0.717, 1.165) is 45.1 Å². The van der Waals surface area contributed by atoms with Crippen LogP contribution in [0.1, 0.15) is 15.9 Å². The molecule has 0 N–H and O–H groups in total. The lowest BCUT2D eigenvalue weighted by molar-refractivity contribution is 0.0600. The highest BCUT2D eigenvalue weighted by molar-refractivity contribution is 7.22. The second kappa shape index (κ2) is 7.42. The number of aryl methyl sites for hydroxylation is 1. The van der Waals surface area contributed by atoms with E-state index < -0.39 is 0 Å². The third-order valence-electron chi connectivity index (χ3n) is 4.55. The molecule has 1 fully saturated rings. The number of hydrogen-bond acceptors (Lipinski definition) is 7. The Morgan fingerprint density at radius 3 is 2.74 bits per heavy atom. The van der Waals surface area contributed by atoms with Gasteiger partial charge in [0.1, 0.15) is 0 Å². The number of fused-ring (bicyclic) bond motifs is 1. The van der Waals surface area contributed by atoms with Crippen LogP contribution in [0.5, 0.6) is 0 Å². The van der Waals surface area contributed by atoms with Gasteiger partial charge in [0.15, 0.2) is 5.82 Å². The number of rotatable bonds is 3. The first kappa shape index (κ1) is 18.2. The quantitative estimate of drug-likeness (QED) is 0.487. The minimum atomic E-state index is -0.340. The number of hydrogen-bond donors (Lipinski definition) is 0. The minimum Gasteiger partial charge on any atom is -0.465 e. The normalized spacial score (nSPS) is 14.6. The number of nitrogens with zero attached hydrogens (tertiary/aromatic N) is 3. The highest BCUT2D eigenvalue weighted by Gasteiger charge is 2.20. The molecule has 8 heteroatoms. The van der Waals surface area contributed by atoms with E-state index in [9.17, 15) is 4.79 Å². The molecular formula is C19H18ClN3O3S. The molecule has 0 spiro atoms. The molecule has 0 saturated carbocycles. The predicted molar refractivity (Wildman–Crippen MR) is 107 cm³/mol. The fraction of sp³-hybridized carbons (Fsp3) is 0.316. The molecule has 0 radical (unpaired) electrons. The maximum Gasteiger partial charge on any atom is 0.337 e. The van der Waals surface area contributed by atoms with Crippen molar-refractivity contribution in [3.05, 3.63) is 40.7 Å². The number of carbonyl (C=O) groups excluding carboxylic acids is 1. The number of esters is 1. The molecule has 0 aliphatic carbocycles. The lowest BCUT2D eigenvalue weighted by Crippen LogP contribution is -2.36. The number of morpholine rings is 1. The van der Waals surface area contributed by atoms with E-state index in [-0.39, 0.29) is 11.3 Å². The van der Waals surface area contributed by atoms with Crippen molar-refractivity contribution in [2.75, 3.05) is 38.3 Å². The number of anilines is 1. The van der Waals surface area contributed by atoms with Gasteiger partial charge in [-0.3, -0.25) is 0 Å². The lowest BCUT2D eigenvalue weighted by atomic mass is 10.0. The molecule has 1 aliphatic rings. The fourth-order valence-corrected chi connectivity index (χ4v) is 4.57. The molecule has 6 nitrogen and oxygen atoms in total. The maximum atomic E-state index is 11.7. The third-order valence-corrected chi connectivity index (χ3v) is 5.87. The first-order valence-corrected chi connectivity index (χ1v) is 9.75. The standard InChI is InChI=1S/C19H18ClN3O3S/c1-11-9-12(18(24)25-2)3-4-13(11)15-10-14-16(27-15)17(22-19(20)21-14)23-5-7-26-8-6-23/h3-4,9-10H,5-8H2,1-2H3. The first-order chi connectivity index (χ1) is 13.1. The smallest absolute Gasteiger partial charge is 0.337 e. The number of methoxy groups -OCH3 is 1. The summed E-state index contributed by atoms with van der Waals surface area (Å²) in [7, 11) is 1.38. The van der Waals surface area contributed by atoms with Crippen molar-refractivity contribution < 1.29 is 14.3 Å². The summed E-state index contributed by atoms with van der Waals surface area (Å²) in [6, 6.07) is 7.58. The summed E-state index contributed by atoms with van der Waals surface area (Å²) in [4.78, 5) is 23.9. The molecule has 140 valence electrons. The molecule has 3 aromatic rings. The van der Waals surface area contributed by atoms with Gasteiger partial charge in [0.25, 0.3) is 0 Å². The summed E-state index contributed by atoms with van der Waals surface area (Å²) in [5.41, 5.74) is 3.41. The van der Waals surface area contributed by atoms with Gasteiger partial charge in [0.05, 0.1) is 36.1 Å². The molecule has 3 heterocycles. The minimum absolute atomic E-state index is 0.242. The summed E-state index contributed by atoms with van der Waals surface area (Å²) < 4.78 is 11.2. The van der Waals surface area contributed by atoms with Crippen LogP contribution in [0.2, 0.25) is 5.28 Å². The van der Waals surface area contributed by atoms with Gasteiger partial charge in [-0.15, -0.1) is 11.3 Å². The van der Waals surface area contributed by atoms with Crippen molar-refractivity contribution >= 4 is 44.9 Å². The topological polar surface area (TPSA) is 64.5 Å². The number of ether oxygens (including phenoxy) is 2. The number of carbonyl (C=O) groups is 1. The summed E-state index contributed by atoms with van der Waals surface area (Å²) >= 11 is 7.81. The van der Waals surface area contributed by atoms with Crippen LogP contribution in [-0.2, 0) is 9.47 Å². The molecule has 0 amide bonds. The van der Waals surface area contributed by atoms with E-state index in [1.54, 1.807) is 17.4 Å². The van der Waals surface area contributed by atoms with Crippen molar-refractivity contribution in [3.63, 3.8) is 0 Å². The van der Waals surface area contributed by atoms with Crippen molar-refractivity contribution in [2.24, 2.45) is 0 Å². The molecule has 4 rings (SSSR count). The molecule has 0 bridgehead atoms. The summed E-state index contributed by atoms with van der Waals surface area (Å²) in [6.45, 7) is 4.89. The van der Waals surface area contributed by atoms with Gasteiger partial charge in [0.2, 0.25) is 5.28 Å². The zero-order chi connectivity index (χ0) is 19.0. The Morgan fingerprint density at radius 2 is 2.04 bits per heavy atom. The number of halogens is 1. The van der Waals surface area contributed by atoms with Crippen LogP contribution >= 0.6 is 22.9 Å². The largest absolute Gasteiger partial charge is 0.465 e. The number of benzene rings is 1. The van der Waals surface area contributed by atoms with E-state index in [2.05, 4.69) is 14.9 Å². The van der Waals surface area contributed by atoms with Gasteiger partial charge >= 0.3 is 5.97 Å². The van der Waals surface area contributed by atoms with E-state index in [1.165, 1.54) is 7.11 Å². The van der Waals surface area contributed by atoms with Gasteiger partial charge in [-0.2, -0.15) is 4.98 Å². The van der Waals surface area contributed by atoms with Crippen molar-refractivity contribution in [2.45, 2.75) is 6.92 Å². The molecular weight excluding hydrogens is 386 g/mol. The number of aromatic nitrogens is 2. The second-order valence-corrected chi connectivity index (χ2v) is 7.65. The average Bonchev–Trinajstić information content (AvgIpc) is 3.10. The van der Waals surface area contributed by atoms with Gasteiger partial charge < -0.3 is 14.4 Å². The van der Waals surface area contributed by atoms with Crippen LogP contribution in [0.4, 0.5) is 5.82 Å². The van der Waals surface area contributed by atoms with Crippen LogP contribution in [-0.4, -0.2) is 49.4 Å². The van der Waals surface area contributed by atoms with Crippen molar-refractivity contribution in [3.8, 4) is 10.4 Å². The van der Waals surface area contributed by atoms with Crippen LogP contribution in [0, 0.1) is 6.92 Å². The van der Waals surface area contributed by atoms with Crippen LogP contribution in [0.3, 0.4) is 0 Å². The van der Waals surface area contributed by atoms with Gasteiger partial charge in [0, 0.05) is 18.0 Å². The maximum absolute atomic E-state index is 11.7. The molecule has 1 saturated heterocycles. The third kappa shape index (κ3) is 3.50. The lowest BCUT2D eigenvalue weighted by Gasteiger charge is -2.28. The van der Waals surface area contributed by atoms with E-state index in [1.807, 2.05) is 25.1 Å². The predicted octanol–water partition coefficient (Wildman–Crippen LogP) is 3.94. The highest BCUT2D eigenvalue weighted by Crippen LogP contribution is 2.39. The van der Waals surface area contributed by atoms with Gasteiger partial charge in [-0.1, -0.05) is 6.07 Å². The summed E-state index contributed by atoms with van der Waals surface area (Å²) in [5.74, 6) is 0.515. The second-order valence-electron chi connectivity index (χ2n) is 6.26. The van der Waals surface area contributed by atoms with Crippen LogP contribution < -0.4 is 4.90 Å². The Balaban J connectivity index is 1.78. The summed E-state index contributed by atoms with van der Waals surface area (Å²) in [5, 5.41) is 0.242. The van der Waals surface area contributed by atoms with Crippen molar-refractivity contribution in [1.82, 2.24) is 9.97 Å². The van der Waals surface area contributed by atoms with E-state index in [0.29, 0.717) is 18.8 Å². The highest BCUT2D eigenvalue weighted by atomic mass is 35.5. The van der Waals surface area contributed by atoms with Crippen LogP contribution in [0.15, 0.2) is 24.3 Å². The van der Waals surface area contributed by atoms with Gasteiger partial charge in [-0.25, -0.2) is 9.78 Å². The Labute approximate surface area is 165 Å². The average molecular weight is 404 g/mol. The van der Waals surface area contributed by atoms with E-state index in [4.69, 9.17) is 21.1 Å². The molecule has 1 aromatic carbocycles. The summed E-state index contributed by atoms with van der Waals surface area (Å²) in [6.07, 6.45) is 0.